The molecule has 0 spiro atoms. The first-order valence-corrected chi connectivity index (χ1v) is 7.57. The number of halogens is 1. The van der Waals surface area contributed by atoms with Gasteiger partial charge in [-0.15, -0.1) is 0 Å². The molecule has 0 saturated carbocycles. The van der Waals surface area contributed by atoms with Crippen molar-refractivity contribution in [3.63, 3.8) is 0 Å². The summed E-state index contributed by atoms with van der Waals surface area (Å²) in [5, 5.41) is 6.47. The van der Waals surface area contributed by atoms with Crippen LogP contribution in [0, 0.1) is 0 Å². The minimum absolute atomic E-state index is 0.274. The Hall–Kier alpha value is -2.78. The first-order chi connectivity index (χ1) is 11.2. The van der Waals surface area contributed by atoms with Crippen LogP contribution in [0.5, 0.6) is 0 Å². The zero-order valence-corrected chi connectivity index (χ0v) is 12.8. The van der Waals surface area contributed by atoms with E-state index in [4.69, 9.17) is 16.0 Å². The first-order valence-electron chi connectivity index (χ1n) is 7.19. The smallest absolute Gasteiger partial charge is 0.291 e. The standard InChI is InChI=1S/C19H12ClNO2/c20-13-5-3-6-14(10-13)21-19(22)18-11-16-15-7-2-1-4-12(15)8-9-17(16)23-18/h1-11H,(H,21,22). The summed E-state index contributed by atoms with van der Waals surface area (Å²) in [5.41, 5.74) is 1.33. The van der Waals surface area contributed by atoms with E-state index in [1.165, 1.54) is 0 Å². The molecule has 23 heavy (non-hydrogen) atoms. The van der Waals surface area contributed by atoms with Gasteiger partial charge >= 0.3 is 0 Å². The van der Waals surface area contributed by atoms with Crippen LogP contribution in [-0.2, 0) is 0 Å². The van der Waals surface area contributed by atoms with Gasteiger partial charge in [0.1, 0.15) is 5.58 Å². The molecule has 0 saturated heterocycles. The molecule has 112 valence electrons. The highest BCUT2D eigenvalue weighted by Crippen LogP contribution is 2.28. The van der Waals surface area contributed by atoms with Gasteiger partial charge in [0, 0.05) is 16.1 Å². The lowest BCUT2D eigenvalue weighted by Crippen LogP contribution is -2.10. The molecule has 0 unspecified atom stereocenters. The second-order valence-corrected chi connectivity index (χ2v) is 5.71. The van der Waals surface area contributed by atoms with Crippen molar-refractivity contribution in [3.05, 3.63) is 77.5 Å². The van der Waals surface area contributed by atoms with E-state index in [1.807, 2.05) is 36.4 Å². The number of carbonyl (C=O) groups is 1. The van der Waals surface area contributed by atoms with Crippen molar-refractivity contribution in [2.24, 2.45) is 0 Å². The van der Waals surface area contributed by atoms with Crippen molar-refractivity contribution in [1.82, 2.24) is 0 Å². The number of benzene rings is 3. The third-order valence-corrected chi connectivity index (χ3v) is 3.97. The van der Waals surface area contributed by atoms with Gasteiger partial charge in [0.2, 0.25) is 0 Å². The second-order valence-electron chi connectivity index (χ2n) is 5.27. The number of furan rings is 1. The predicted octanol–water partition coefficient (Wildman–Crippen LogP) is 5.49. The van der Waals surface area contributed by atoms with Crippen molar-refractivity contribution in [1.29, 1.82) is 0 Å². The largest absolute Gasteiger partial charge is 0.451 e. The van der Waals surface area contributed by atoms with Crippen LogP contribution in [0.3, 0.4) is 0 Å². The van der Waals surface area contributed by atoms with E-state index < -0.39 is 0 Å². The first kappa shape index (κ1) is 13.9. The molecule has 0 aliphatic heterocycles. The minimum Gasteiger partial charge on any atom is -0.451 e. The van der Waals surface area contributed by atoms with E-state index in [0.717, 1.165) is 16.2 Å². The third kappa shape index (κ3) is 2.56. The SMILES string of the molecule is O=C(Nc1cccc(Cl)c1)c1cc2c(ccc3ccccc32)o1. The molecule has 0 fully saturated rings. The van der Waals surface area contributed by atoms with Crippen molar-refractivity contribution < 1.29 is 9.21 Å². The van der Waals surface area contributed by atoms with Crippen molar-refractivity contribution in [2.45, 2.75) is 0 Å². The fraction of sp³-hybridized carbons (Fsp3) is 0. The molecule has 3 aromatic carbocycles. The second kappa shape index (κ2) is 5.45. The highest BCUT2D eigenvalue weighted by Gasteiger charge is 2.14. The van der Waals surface area contributed by atoms with Crippen LogP contribution in [0.25, 0.3) is 21.7 Å². The number of hydrogen-bond donors (Lipinski definition) is 1. The average Bonchev–Trinajstić information content (AvgIpc) is 3.00. The highest BCUT2D eigenvalue weighted by molar-refractivity contribution is 6.31. The van der Waals surface area contributed by atoms with Gasteiger partial charge in [-0.2, -0.15) is 0 Å². The number of anilines is 1. The molecular weight excluding hydrogens is 310 g/mol. The van der Waals surface area contributed by atoms with Gasteiger partial charge in [0.05, 0.1) is 0 Å². The van der Waals surface area contributed by atoms with Crippen LogP contribution < -0.4 is 5.32 Å². The molecule has 0 aliphatic carbocycles. The summed E-state index contributed by atoms with van der Waals surface area (Å²) in [4.78, 5) is 12.4. The lowest BCUT2D eigenvalue weighted by molar-refractivity contribution is 0.0998. The molecule has 1 aromatic heterocycles. The monoisotopic (exact) mass is 321 g/mol. The molecule has 4 rings (SSSR count). The van der Waals surface area contributed by atoms with Gasteiger partial charge in [-0.3, -0.25) is 4.79 Å². The van der Waals surface area contributed by atoms with Crippen LogP contribution in [0.2, 0.25) is 5.02 Å². The molecule has 4 heteroatoms. The number of fused-ring (bicyclic) bond motifs is 3. The van der Waals surface area contributed by atoms with E-state index in [1.54, 1.807) is 30.3 Å². The van der Waals surface area contributed by atoms with Gasteiger partial charge in [-0.1, -0.05) is 48.0 Å². The Labute approximate surface area is 137 Å². The Balaban J connectivity index is 1.74. The van der Waals surface area contributed by atoms with Crippen LogP contribution >= 0.6 is 11.6 Å². The maximum absolute atomic E-state index is 12.4. The Kier molecular flexibility index (Phi) is 3.28. The zero-order valence-electron chi connectivity index (χ0n) is 12.0. The lowest BCUT2D eigenvalue weighted by atomic mass is 10.1. The van der Waals surface area contributed by atoms with Gasteiger partial charge in [0.25, 0.3) is 5.91 Å². The summed E-state index contributed by atoms with van der Waals surface area (Å²) in [6.45, 7) is 0. The van der Waals surface area contributed by atoms with Gasteiger partial charge in [-0.05, 0) is 41.1 Å². The van der Waals surface area contributed by atoms with Crippen molar-refractivity contribution in [3.8, 4) is 0 Å². The molecular formula is C19H12ClNO2. The van der Waals surface area contributed by atoms with Crippen LogP contribution in [0.15, 0.2) is 71.1 Å². The maximum atomic E-state index is 12.4. The molecule has 1 amide bonds. The molecule has 0 aliphatic rings. The van der Waals surface area contributed by atoms with Crippen molar-refractivity contribution in [2.75, 3.05) is 5.32 Å². The fourth-order valence-electron chi connectivity index (χ4n) is 2.66. The van der Waals surface area contributed by atoms with Crippen LogP contribution in [0.4, 0.5) is 5.69 Å². The maximum Gasteiger partial charge on any atom is 0.291 e. The van der Waals surface area contributed by atoms with Crippen LogP contribution in [0.1, 0.15) is 10.6 Å². The number of carbonyl (C=O) groups excluding carboxylic acids is 1. The number of hydrogen-bond acceptors (Lipinski definition) is 2. The molecule has 0 atom stereocenters. The molecule has 4 aromatic rings. The summed E-state index contributed by atoms with van der Waals surface area (Å²) >= 11 is 5.93. The predicted molar refractivity (Wildman–Crippen MR) is 93.1 cm³/mol. The van der Waals surface area contributed by atoms with E-state index in [0.29, 0.717) is 16.3 Å². The van der Waals surface area contributed by atoms with E-state index in [-0.39, 0.29) is 11.7 Å². The fourth-order valence-corrected chi connectivity index (χ4v) is 2.85. The molecule has 1 N–H and O–H groups in total. The van der Waals surface area contributed by atoms with Crippen LogP contribution in [-0.4, -0.2) is 5.91 Å². The molecule has 3 nitrogen and oxygen atoms in total. The molecule has 0 radical (unpaired) electrons. The normalized spacial score (nSPS) is 11.0. The molecule has 0 bridgehead atoms. The summed E-state index contributed by atoms with van der Waals surface area (Å²) in [6, 6.07) is 20.7. The van der Waals surface area contributed by atoms with E-state index in [2.05, 4.69) is 5.32 Å². The van der Waals surface area contributed by atoms with Crippen molar-refractivity contribution >= 4 is 44.9 Å². The summed E-state index contributed by atoms with van der Waals surface area (Å²) < 4.78 is 5.70. The quantitative estimate of drug-likeness (QED) is 0.530. The average molecular weight is 322 g/mol. The highest BCUT2D eigenvalue weighted by atomic mass is 35.5. The lowest BCUT2D eigenvalue weighted by Gasteiger charge is -2.02. The molecule has 1 heterocycles. The minimum atomic E-state index is -0.299. The Morgan fingerprint density at radius 1 is 0.913 bits per heavy atom. The Bertz CT molecular complexity index is 1040. The summed E-state index contributed by atoms with van der Waals surface area (Å²) in [6.07, 6.45) is 0. The summed E-state index contributed by atoms with van der Waals surface area (Å²) in [5.74, 6) is -0.0242. The zero-order chi connectivity index (χ0) is 15.8. The Morgan fingerprint density at radius 3 is 2.65 bits per heavy atom. The summed E-state index contributed by atoms with van der Waals surface area (Å²) in [7, 11) is 0. The topological polar surface area (TPSA) is 42.2 Å². The Morgan fingerprint density at radius 2 is 1.78 bits per heavy atom. The van der Waals surface area contributed by atoms with Gasteiger partial charge < -0.3 is 9.73 Å². The van der Waals surface area contributed by atoms with E-state index >= 15 is 0 Å². The third-order valence-electron chi connectivity index (χ3n) is 3.73. The number of rotatable bonds is 2. The number of amides is 1. The van der Waals surface area contributed by atoms with Gasteiger partial charge in [-0.25, -0.2) is 0 Å². The van der Waals surface area contributed by atoms with E-state index in [9.17, 15) is 4.79 Å². The number of nitrogens with one attached hydrogen (secondary N) is 1. The van der Waals surface area contributed by atoms with Gasteiger partial charge in [0.15, 0.2) is 5.76 Å².